The van der Waals surface area contributed by atoms with Crippen molar-refractivity contribution >= 4 is 50.2 Å². The molecular formula is C16H19BrINO2. The second kappa shape index (κ2) is 7.72. The second-order valence-corrected chi connectivity index (χ2v) is 7.61. The lowest BCUT2D eigenvalue weighted by Gasteiger charge is -2.30. The summed E-state index contributed by atoms with van der Waals surface area (Å²) in [6, 6.07) is 5.80. The van der Waals surface area contributed by atoms with Gasteiger partial charge in [-0.1, -0.05) is 28.8 Å². The Kier molecular flexibility index (Phi) is 6.22. The molecule has 1 heterocycles. The summed E-state index contributed by atoms with van der Waals surface area (Å²) in [7, 11) is 0. The first-order valence-corrected chi connectivity index (χ1v) is 9.11. The van der Waals surface area contributed by atoms with E-state index in [1.165, 1.54) is 0 Å². The van der Waals surface area contributed by atoms with Crippen LogP contribution in [0.15, 0.2) is 22.7 Å². The van der Waals surface area contributed by atoms with Crippen molar-refractivity contribution in [1.29, 1.82) is 0 Å². The van der Waals surface area contributed by atoms with Crippen LogP contribution in [0.2, 0.25) is 0 Å². The van der Waals surface area contributed by atoms with Gasteiger partial charge >= 0.3 is 0 Å². The Morgan fingerprint density at radius 3 is 2.81 bits per heavy atom. The smallest absolute Gasteiger partial charge is 0.255 e. The molecule has 1 saturated heterocycles. The van der Waals surface area contributed by atoms with E-state index in [2.05, 4.69) is 38.5 Å². The third-order valence-electron chi connectivity index (χ3n) is 3.82. The molecule has 1 aliphatic heterocycles. The normalized spacial score (nSPS) is 19.2. The van der Waals surface area contributed by atoms with Crippen LogP contribution in [0.1, 0.15) is 49.4 Å². The lowest BCUT2D eigenvalue weighted by molar-refractivity contribution is -0.118. The van der Waals surface area contributed by atoms with Gasteiger partial charge in [0.2, 0.25) is 0 Å². The Balaban J connectivity index is 2.28. The molecule has 2 rings (SSSR count). The van der Waals surface area contributed by atoms with Gasteiger partial charge in [0.05, 0.1) is 5.56 Å². The van der Waals surface area contributed by atoms with Crippen LogP contribution in [0.4, 0.5) is 0 Å². The van der Waals surface area contributed by atoms with Crippen molar-refractivity contribution in [3.8, 4) is 0 Å². The number of benzene rings is 1. The molecule has 0 saturated carbocycles. The van der Waals surface area contributed by atoms with Crippen LogP contribution in [0, 0.1) is 3.57 Å². The summed E-state index contributed by atoms with van der Waals surface area (Å²) in [5.41, 5.74) is 0.723. The topological polar surface area (TPSA) is 37.4 Å². The summed E-state index contributed by atoms with van der Waals surface area (Å²) >= 11 is 5.63. The first-order chi connectivity index (χ1) is 9.99. The lowest BCUT2D eigenvalue weighted by atomic mass is 10.0. The number of likely N-dealkylation sites (tertiary alicyclic amines) is 1. The number of Topliss-reactive ketones (excluding diaryl/α,β-unsaturated/α-hetero) is 1. The van der Waals surface area contributed by atoms with Crippen LogP contribution in [-0.4, -0.2) is 29.2 Å². The van der Waals surface area contributed by atoms with Crippen LogP contribution < -0.4 is 0 Å². The quantitative estimate of drug-likeness (QED) is 0.622. The molecule has 1 fully saturated rings. The maximum atomic E-state index is 12.9. The Hall–Kier alpha value is -0.430. The Morgan fingerprint density at radius 1 is 1.33 bits per heavy atom. The van der Waals surface area contributed by atoms with E-state index in [0.717, 1.165) is 45.8 Å². The van der Waals surface area contributed by atoms with Gasteiger partial charge in [0, 0.05) is 27.1 Å². The van der Waals surface area contributed by atoms with Gasteiger partial charge in [-0.25, -0.2) is 0 Å². The average molecular weight is 464 g/mol. The fourth-order valence-corrected chi connectivity index (χ4v) is 3.73. The molecule has 114 valence electrons. The van der Waals surface area contributed by atoms with Gasteiger partial charge in [-0.3, -0.25) is 9.59 Å². The van der Waals surface area contributed by atoms with E-state index in [1.54, 1.807) is 6.92 Å². The zero-order valence-electron chi connectivity index (χ0n) is 12.1. The standard InChI is InChI=1S/C16H19BrINO2/c1-11(20)9-13-5-3-2-4-8-19(13)16(21)14-10-12(17)6-7-15(14)18/h6-7,10,13H,2-5,8-9H2,1H3. The lowest BCUT2D eigenvalue weighted by Crippen LogP contribution is -2.41. The summed E-state index contributed by atoms with van der Waals surface area (Å²) in [6.07, 6.45) is 4.64. The number of nitrogens with zero attached hydrogens (tertiary/aromatic N) is 1. The first-order valence-electron chi connectivity index (χ1n) is 7.24. The molecule has 5 heteroatoms. The minimum atomic E-state index is 0.0484. The Morgan fingerprint density at radius 2 is 2.10 bits per heavy atom. The number of ketones is 1. The van der Waals surface area contributed by atoms with Gasteiger partial charge in [-0.05, 0) is 60.6 Å². The van der Waals surface area contributed by atoms with Crippen molar-refractivity contribution < 1.29 is 9.59 Å². The second-order valence-electron chi connectivity index (χ2n) is 5.53. The summed E-state index contributed by atoms with van der Waals surface area (Å²) in [4.78, 5) is 26.3. The van der Waals surface area contributed by atoms with E-state index in [0.29, 0.717) is 6.42 Å². The van der Waals surface area contributed by atoms with Crippen LogP contribution in [-0.2, 0) is 4.79 Å². The molecule has 1 aliphatic rings. The van der Waals surface area contributed by atoms with Gasteiger partial charge in [0.1, 0.15) is 5.78 Å². The fraction of sp³-hybridized carbons (Fsp3) is 0.500. The molecule has 0 aromatic heterocycles. The molecule has 0 bridgehead atoms. The van der Waals surface area contributed by atoms with E-state index in [4.69, 9.17) is 0 Å². The number of halogens is 2. The SMILES string of the molecule is CC(=O)CC1CCCCCN1C(=O)c1cc(Br)ccc1I. The third kappa shape index (κ3) is 4.52. The summed E-state index contributed by atoms with van der Waals surface area (Å²) in [6.45, 7) is 2.36. The van der Waals surface area contributed by atoms with Gasteiger partial charge in [0.25, 0.3) is 5.91 Å². The molecule has 1 amide bonds. The molecule has 0 N–H and O–H groups in total. The number of rotatable bonds is 3. The number of hydrogen-bond acceptors (Lipinski definition) is 2. The number of carbonyl (C=O) groups is 2. The van der Waals surface area contributed by atoms with Crippen molar-refractivity contribution in [1.82, 2.24) is 4.90 Å². The highest BCUT2D eigenvalue weighted by atomic mass is 127. The average Bonchev–Trinajstić information content (AvgIpc) is 2.65. The molecule has 0 aliphatic carbocycles. The highest BCUT2D eigenvalue weighted by Crippen LogP contribution is 2.25. The van der Waals surface area contributed by atoms with E-state index >= 15 is 0 Å². The molecule has 0 radical (unpaired) electrons. The molecule has 0 spiro atoms. The molecular weight excluding hydrogens is 445 g/mol. The summed E-state index contributed by atoms with van der Waals surface area (Å²) in [5.74, 6) is 0.206. The molecule has 21 heavy (non-hydrogen) atoms. The van der Waals surface area contributed by atoms with Crippen LogP contribution in [0.25, 0.3) is 0 Å². The predicted octanol–water partition coefficient (Wildman–Crippen LogP) is 4.42. The molecule has 1 aromatic carbocycles. The van der Waals surface area contributed by atoms with Crippen molar-refractivity contribution in [3.05, 3.63) is 31.8 Å². The van der Waals surface area contributed by atoms with E-state index in [1.807, 2.05) is 23.1 Å². The first kappa shape index (κ1) is 16.9. The van der Waals surface area contributed by atoms with Crippen molar-refractivity contribution in [2.45, 2.75) is 45.1 Å². The van der Waals surface area contributed by atoms with E-state index in [9.17, 15) is 9.59 Å². The Bertz CT molecular complexity index is 547. The van der Waals surface area contributed by atoms with Gasteiger partial charge < -0.3 is 4.90 Å². The highest BCUT2D eigenvalue weighted by Gasteiger charge is 2.28. The minimum absolute atomic E-state index is 0.0484. The molecule has 1 unspecified atom stereocenters. The number of hydrogen-bond donors (Lipinski definition) is 0. The highest BCUT2D eigenvalue weighted by molar-refractivity contribution is 14.1. The predicted molar refractivity (Wildman–Crippen MR) is 95.4 cm³/mol. The third-order valence-corrected chi connectivity index (χ3v) is 5.25. The maximum absolute atomic E-state index is 12.9. The van der Waals surface area contributed by atoms with Gasteiger partial charge in [0.15, 0.2) is 0 Å². The van der Waals surface area contributed by atoms with Gasteiger partial charge in [-0.2, -0.15) is 0 Å². The zero-order chi connectivity index (χ0) is 15.4. The van der Waals surface area contributed by atoms with Crippen LogP contribution >= 0.6 is 38.5 Å². The zero-order valence-corrected chi connectivity index (χ0v) is 15.8. The summed E-state index contributed by atoms with van der Waals surface area (Å²) < 4.78 is 1.86. The molecule has 3 nitrogen and oxygen atoms in total. The fourth-order valence-electron chi connectivity index (χ4n) is 2.80. The Labute approximate surface area is 147 Å². The van der Waals surface area contributed by atoms with Crippen molar-refractivity contribution in [2.24, 2.45) is 0 Å². The van der Waals surface area contributed by atoms with Crippen LogP contribution in [0.5, 0.6) is 0 Å². The van der Waals surface area contributed by atoms with E-state index in [-0.39, 0.29) is 17.7 Å². The molecule has 1 aromatic rings. The maximum Gasteiger partial charge on any atom is 0.255 e. The van der Waals surface area contributed by atoms with Crippen molar-refractivity contribution in [2.75, 3.05) is 6.54 Å². The summed E-state index contributed by atoms with van der Waals surface area (Å²) in [5, 5.41) is 0. The number of amides is 1. The molecule has 1 atom stereocenters. The van der Waals surface area contributed by atoms with E-state index < -0.39 is 0 Å². The van der Waals surface area contributed by atoms with Crippen LogP contribution in [0.3, 0.4) is 0 Å². The monoisotopic (exact) mass is 463 g/mol. The van der Waals surface area contributed by atoms with Gasteiger partial charge in [-0.15, -0.1) is 0 Å². The van der Waals surface area contributed by atoms with Crippen molar-refractivity contribution in [3.63, 3.8) is 0 Å². The largest absolute Gasteiger partial charge is 0.335 e. The minimum Gasteiger partial charge on any atom is -0.335 e. The number of carbonyl (C=O) groups excluding carboxylic acids is 2.